The summed E-state index contributed by atoms with van der Waals surface area (Å²) in [5.74, 6) is -1.16. The molecule has 4 heteroatoms. The van der Waals surface area contributed by atoms with Crippen LogP contribution in [0.1, 0.15) is 6.42 Å². The lowest BCUT2D eigenvalue weighted by Gasteiger charge is -1.96. The van der Waals surface area contributed by atoms with Crippen molar-refractivity contribution in [1.82, 2.24) is 0 Å². The smallest absolute Gasteiger partial charge is 0.156 e. The van der Waals surface area contributed by atoms with E-state index in [4.69, 9.17) is 4.74 Å². The zero-order valence-corrected chi connectivity index (χ0v) is 5.69. The van der Waals surface area contributed by atoms with Crippen molar-refractivity contribution in [1.29, 1.82) is 0 Å². The van der Waals surface area contributed by atoms with Gasteiger partial charge in [-0.25, -0.2) is 13.2 Å². The molecular formula is C7H7F3O. The van der Waals surface area contributed by atoms with Crippen LogP contribution in [0.2, 0.25) is 0 Å². The Bertz CT molecular complexity index is 194. The molecule has 0 aromatic rings. The van der Waals surface area contributed by atoms with Crippen LogP contribution in [0, 0.1) is 0 Å². The Morgan fingerprint density at radius 3 is 2.45 bits per heavy atom. The molecule has 0 bridgehead atoms. The van der Waals surface area contributed by atoms with Crippen molar-refractivity contribution < 1.29 is 17.9 Å². The highest BCUT2D eigenvalue weighted by Gasteiger charge is 2.25. The second kappa shape index (κ2) is 3.57. The summed E-state index contributed by atoms with van der Waals surface area (Å²) in [5.41, 5.74) is -0.282. The van der Waals surface area contributed by atoms with E-state index in [1.807, 2.05) is 0 Å². The number of ether oxygens (including phenoxy) is 1. The Labute approximate surface area is 62.2 Å². The summed E-state index contributed by atoms with van der Waals surface area (Å²) >= 11 is 0. The van der Waals surface area contributed by atoms with Crippen molar-refractivity contribution in [2.75, 3.05) is 6.61 Å². The van der Waals surface area contributed by atoms with E-state index in [-0.39, 0.29) is 30.8 Å². The maximum Gasteiger partial charge on any atom is 0.156 e. The average molecular weight is 164 g/mol. The van der Waals surface area contributed by atoms with Gasteiger partial charge in [0.2, 0.25) is 0 Å². The first-order valence-corrected chi connectivity index (χ1v) is 3.15. The first-order valence-electron chi connectivity index (χ1n) is 3.15. The molecule has 0 radical (unpaired) electrons. The minimum absolute atomic E-state index is 0.0626. The van der Waals surface area contributed by atoms with Gasteiger partial charge in [0.1, 0.15) is 6.33 Å². The van der Waals surface area contributed by atoms with Crippen molar-refractivity contribution >= 4 is 0 Å². The van der Waals surface area contributed by atoms with E-state index in [9.17, 15) is 13.2 Å². The molecule has 1 unspecified atom stereocenters. The van der Waals surface area contributed by atoms with E-state index >= 15 is 0 Å². The summed E-state index contributed by atoms with van der Waals surface area (Å²) in [5, 5.41) is 0. The molecule has 0 N–H and O–H groups in total. The van der Waals surface area contributed by atoms with E-state index in [0.717, 1.165) is 0 Å². The van der Waals surface area contributed by atoms with Crippen molar-refractivity contribution in [2.24, 2.45) is 0 Å². The van der Waals surface area contributed by atoms with Gasteiger partial charge >= 0.3 is 0 Å². The zero-order valence-electron chi connectivity index (χ0n) is 5.69. The normalized spacial score (nSPS) is 25.5. The predicted molar refractivity (Wildman–Crippen MR) is 33.8 cm³/mol. The fraction of sp³-hybridized carbons (Fsp3) is 0.429. The maximum atomic E-state index is 12.3. The Morgan fingerprint density at radius 2 is 2.09 bits per heavy atom. The molecule has 0 aromatic carbocycles. The molecule has 0 aliphatic carbocycles. The highest BCUT2D eigenvalue weighted by molar-refractivity contribution is 5.23. The van der Waals surface area contributed by atoms with Crippen LogP contribution < -0.4 is 0 Å². The minimum Gasteiger partial charge on any atom is -0.373 e. The molecule has 1 heterocycles. The van der Waals surface area contributed by atoms with Crippen LogP contribution in [-0.4, -0.2) is 12.7 Å². The second-order valence-corrected chi connectivity index (χ2v) is 2.25. The van der Waals surface area contributed by atoms with Gasteiger partial charge < -0.3 is 4.74 Å². The maximum absolute atomic E-state index is 12.3. The summed E-state index contributed by atoms with van der Waals surface area (Å²) in [6, 6.07) is 0. The minimum atomic E-state index is -1.16. The predicted octanol–water partition coefficient (Wildman–Crippen LogP) is 2.41. The first-order chi connectivity index (χ1) is 5.27. The molecule has 1 saturated heterocycles. The first kappa shape index (κ1) is 8.33. The summed E-state index contributed by atoms with van der Waals surface area (Å²) in [6.07, 6.45) is -0.230. The Hall–Kier alpha value is -0.770. The fourth-order valence-electron chi connectivity index (χ4n) is 0.695. The summed E-state index contributed by atoms with van der Waals surface area (Å²) < 4.78 is 40.3. The SMILES string of the molecule is FC=C(CC1CO1)/C(F)=C/F. The second-order valence-electron chi connectivity index (χ2n) is 2.25. The highest BCUT2D eigenvalue weighted by Crippen LogP contribution is 2.24. The van der Waals surface area contributed by atoms with Crippen molar-refractivity contribution in [3.63, 3.8) is 0 Å². The largest absolute Gasteiger partial charge is 0.373 e. The van der Waals surface area contributed by atoms with E-state index in [1.54, 1.807) is 0 Å². The molecule has 11 heavy (non-hydrogen) atoms. The molecule has 1 atom stereocenters. The average Bonchev–Trinajstić information content (AvgIpc) is 2.82. The standard InChI is InChI=1S/C7H7F3O/c8-2-5(7(10)3-9)1-6-4-11-6/h2-3,6H,1,4H2/b5-2?,7-3-. The van der Waals surface area contributed by atoms with E-state index < -0.39 is 5.83 Å². The molecule has 0 saturated carbocycles. The molecule has 1 nitrogen and oxygen atoms in total. The van der Waals surface area contributed by atoms with Crippen molar-refractivity contribution in [2.45, 2.75) is 12.5 Å². The third-order valence-electron chi connectivity index (χ3n) is 1.38. The summed E-state index contributed by atoms with van der Waals surface area (Å²) in [6.45, 7) is 0.497. The van der Waals surface area contributed by atoms with Gasteiger partial charge in [-0.2, -0.15) is 0 Å². The molecule has 1 rings (SSSR count). The molecule has 0 spiro atoms. The molecule has 62 valence electrons. The molecular weight excluding hydrogens is 157 g/mol. The molecule has 0 aromatic heterocycles. The highest BCUT2D eigenvalue weighted by atomic mass is 19.2. The van der Waals surface area contributed by atoms with Gasteiger partial charge in [0.05, 0.1) is 19.0 Å². The van der Waals surface area contributed by atoms with Gasteiger partial charge in [0.15, 0.2) is 5.83 Å². The number of rotatable bonds is 3. The van der Waals surface area contributed by atoms with Crippen molar-refractivity contribution in [3.05, 3.63) is 24.1 Å². The van der Waals surface area contributed by atoms with E-state index in [0.29, 0.717) is 6.61 Å². The van der Waals surface area contributed by atoms with Gasteiger partial charge in [-0.3, -0.25) is 0 Å². The van der Waals surface area contributed by atoms with Gasteiger partial charge in [0.25, 0.3) is 0 Å². The Morgan fingerprint density at radius 1 is 1.45 bits per heavy atom. The lowest BCUT2D eigenvalue weighted by atomic mass is 10.1. The number of halogens is 3. The van der Waals surface area contributed by atoms with Crippen LogP contribution in [0.25, 0.3) is 0 Å². The lowest BCUT2D eigenvalue weighted by Crippen LogP contribution is -1.90. The molecule has 0 amide bonds. The number of epoxide rings is 1. The number of hydrogen-bond donors (Lipinski definition) is 0. The van der Waals surface area contributed by atoms with Crippen LogP contribution in [0.3, 0.4) is 0 Å². The van der Waals surface area contributed by atoms with E-state index in [2.05, 4.69) is 0 Å². The van der Waals surface area contributed by atoms with Crippen LogP contribution >= 0.6 is 0 Å². The molecule has 1 aliphatic rings. The van der Waals surface area contributed by atoms with Gasteiger partial charge in [-0.05, 0) is 0 Å². The lowest BCUT2D eigenvalue weighted by molar-refractivity contribution is 0.403. The number of hydrogen-bond acceptors (Lipinski definition) is 1. The van der Waals surface area contributed by atoms with Gasteiger partial charge in [0, 0.05) is 12.0 Å². The van der Waals surface area contributed by atoms with E-state index in [1.165, 1.54) is 0 Å². The van der Waals surface area contributed by atoms with Crippen LogP contribution in [-0.2, 0) is 4.74 Å². The molecule has 1 fully saturated rings. The topological polar surface area (TPSA) is 12.5 Å². The van der Waals surface area contributed by atoms with Crippen LogP contribution in [0.5, 0.6) is 0 Å². The van der Waals surface area contributed by atoms with Crippen molar-refractivity contribution in [3.8, 4) is 0 Å². The molecule has 1 aliphatic heterocycles. The monoisotopic (exact) mass is 164 g/mol. The summed E-state index contributed by atoms with van der Waals surface area (Å²) in [7, 11) is 0. The zero-order chi connectivity index (χ0) is 8.27. The Balaban J connectivity index is 2.48. The summed E-state index contributed by atoms with van der Waals surface area (Å²) in [4.78, 5) is 0. The third-order valence-corrected chi connectivity index (χ3v) is 1.38. The van der Waals surface area contributed by atoms with Crippen LogP contribution in [0.15, 0.2) is 24.1 Å². The Kier molecular flexibility index (Phi) is 2.70. The van der Waals surface area contributed by atoms with Gasteiger partial charge in [-0.1, -0.05) is 0 Å². The third kappa shape index (κ3) is 2.38. The van der Waals surface area contributed by atoms with Crippen LogP contribution in [0.4, 0.5) is 13.2 Å². The van der Waals surface area contributed by atoms with Gasteiger partial charge in [-0.15, -0.1) is 0 Å². The fourth-order valence-corrected chi connectivity index (χ4v) is 0.695. The number of allylic oxidation sites excluding steroid dienone is 1. The quantitative estimate of drug-likeness (QED) is 0.461.